The van der Waals surface area contributed by atoms with Crippen molar-refractivity contribution in [1.29, 1.82) is 0 Å². The molecule has 54 heavy (non-hydrogen) atoms. The zero-order valence-electron chi connectivity index (χ0n) is 29.1. The minimum atomic E-state index is 0.655. The molecule has 4 nitrogen and oxygen atoms in total. The molecule has 0 atom stereocenters. The van der Waals surface area contributed by atoms with E-state index in [9.17, 15) is 0 Å². The second-order valence-corrected chi connectivity index (χ2v) is 14.2. The lowest BCUT2D eigenvalue weighted by atomic mass is 10.00. The Morgan fingerprint density at radius 2 is 0.963 bits per heavy atom. The third kappa shape index (κ3) is 4.08. The van der Waals surface area contributed by atoms with Gasteiger partial charge in [0.05, 0.1) is 39.0 Å². The van der Waals surface area contributed by atoms with E-state index in [1.54, 1.807) is 0 Å². The summed E-state index contributed by atoms with van der Waals surface area (Å²) in [6, 6.07) is 65.5. The van der Waals surface area contributed by atoms with E-state index in [1.807, 2.05) is 0 Å². The maximum atomic E-state index is 5.44. The Hall–Kier alpha value is -7.30. The number of hydrogen-bond donors (Lipinski definition) is 0. The van der Waals surface area contributed by atoms with Gasteiger partial charge < -0.3 is 4.57 Å². The van der Waals surface area contributed by atoms with E-state index in [0.717, 1.165) is 44.4 Å². The molecule has 0 spiro atoms. The fourth-order valence-corrected chi connectivity index (χ4v) is 8.91. The summed E-state index contributed by atoms with van der Waals surface area (Å²) in [6.07, 6.45) is 0. The van der Waals surface area contributed by atoms with E-state index in [0.29, 0.717) is 5.95 Å². The van der Waals surface area contributed by atoms with Crippen LogP contribution >= 0.6 is 0 Å². The molecular weight excluding hydrogens is 657 g/mol. The van der Waals surface area contributed by atoms with Crippen LogP contribution < -0.4 is 0 Å². The fraction of sp³-hybridized carbons (Fsp3) is 0. The van der Waals surface area contributed by atoms with Crippen LogP contribution in [0.5, 0.6) is 0 Å². The maximum Gasteiger partial charge on any atom is 0.235 e. The van der Waals surface area contributed by atoms with Gasteiger partial charge >= 0.3 is 0 Å². The Kier molecular flexibility index (Phi) is 6.02. The number of rotatable bonds is 3. The summed E-state index contributed by atoms with van der Waals surface area (Å²) in [5, 5.41) is 13.1. The third-order valence-corrected chi connectivity index (χ3v) is 11.3. The normalized spacial score (nSPS) is 12.1. The molecule has 0 fully saturated rings. The summed E-state index contributed by atoms with van der Waals surface area (Å²) >= 11 is 0. The first-order valence-corrected chi connectivity index (χ1v) is 18.4. The summed E-state index contributed by atoms with van der Waals surface area (Å²) < 4.78 is 4.78. The Morgan fingerprint density at radius 3 is 1.81 bits per heavy atom. The van der Waals surface area contributed by atoms with Gasteiger partial charge in [0.15, 0.2) is 0 Å². The molecule has 12 rings (SSSR count). The summed E-state index contributed by atoms with van der Waals surface area (Å²) in [4.78, 5) is 10.8. The van der Waals surface area contributed by atoms with Crippen molar-refractivity contribution in [1.82, 2.24) is 19.1 Å². The minimum absolute atomic E-state index is 0.655. The Balaban J connectivity index is 1.27. The molecular formula is C50H30N4. The summed E-state index contributed by atoms with van der Waals surface area (Å²) in [7, 11) is 0. The fourth-order valence-electron chi connectivity index (χ4n) is 8.91. The van der Waals surface area contributed by atoms with Gasteiger partial charge in [-0.3, -0.25) is 4.57 Å². The molecule has 0 saturated carbocycles. The Labute approximate surface area is 309 Å². The molecule has 0 aliphatic carbocycles. The van der Waals surface area contributed by atoms with Crippen molar-refractivity contribution in [3.63, 3.8) is 0 Å². The van der Waals surface area contributed by atoms with Gasteiger partial charge in [0.25, 0.3) is 0 Å². The van der Waals surface area contributed by atoms with Crippen molar-refractivity contribution >= 4 is 86.8 Å². The van der Waals surface area contributed by atoms with Crippen LogP contribution in [0, 0.1) is 0 Å². The predicted octanol–water partition coefficient (Wildman–Crippen LogP) is 13.0. The van der Waals surface area contributed by atoms with Gasteiger partial charge in [0, 0.05) is 43.3 Å². The van der Waals surface area contributed by atoms with Gasteiger partial charge in [-0.15, -0.1) is 0 Å². The van der Waals surface area contributed by atoms with Crippen molar-refractivity contribution < 1.29 is 0 Å². The highest BCUT2D eigenvalue weighted by Crippen LogP contribution is 2.43. The van der Waals surface area contributed by atoms with Crippen LogP contribution in [0.3, 0.4) is 0 Å². The van der Waals surface area contributed by atoms with E-state index in [4.69, 9.17) is 9.97 Å². The first-order chi connectivity index (χ1) is 26.8. The van der Waals surface area contributed by atoms with E-state index >= 15 is 0 Å². The van der Waals surface area contributed by atoms with E-state index in [2.05, 4.69) is 191 Å². The highest BCUT2D eigenvalue weighted by atomic mass is 15.2. The molecule has 0 saturated heterocycles. The number of nitrogens with zero attached hydrogens (tertiary/aromatic N) is 4. The zero-order valence-corrected chi connectivity index (χ0v) is 29.1. The van der Waals surface area contributed by atoms with Crippen molar-refractivity contribution in [2.24, 2.45) is 0 Å². The van der Waals surface area contributed by atoms with Crippen LogP contribution in [-0.4, -0.2) is 19.1 Å². The lowest BCUT2D eigenvalue weighted by molar-refractivity contribution is 1.02. The predicted molar refractivity (Wildman–Crippen MR) is 226 cm³/mol. The van der Waals surface area contributed by atoms with Crippen LogP contribution in [0.4, 0.5) is 0 Å². The second-order valence-electron chi connectivity index (χ2n) is 14.2. The maximum absolute atomic E-state index is 5.44. The first-order valence-electron chi connectivity index (χ1n) is 18.4. The molecule has 0 aliphatic rings. The minimum Gasteiger partial charge on any atom is -0.309 e. The number of aromatic nitrogens is 4. The third-order valence-electron chi connectivity index (χ3n) is 11.3. The van der Waals surface area contributed by atoms with Crippen molar-refractivity contribution in [3.8, 4) is 22.9 Å². The highest BCUT2D eigenvalue weighted by Gasteiger charge is 2.23. The molecule has 3 heterocycles. The molecule has 0 N–H and O–H groups in total. The van der Waals surface area contributed by atoms with Crippen LogP contribution in [-0.2, 0) is 0 Å². The smallest absolute Gasteiger partial charge is 0.235 e. The van der Waals surface area contributed by atoms with E-state index in [1.165, 1.54) is 59.4 Å². The van der Waals surface area contributed by atoms with Crippen LogP contribution in [0.2, 0.25) is 0 Å². The Morgan fingerprint density at radius 1 is 0.333 bits per heavy atom. The molecule has 250 valence electrons. The van der Waals surface area contributed by atoms with Crippen LogP contribution in [0.15, 0.2) is 182 Å². The van der Waals surface area contributed by atoms with Gasteiger partial charge in [-0.2, -0.15) is 0 Å². The Bertz CT molecular complexity index is 3500. The number of fused-ring (bicyclic) bond motifs is 12. The van der Waals surface area contributed by atoms with Gasteiger partial charge in [0.2, 0.25) is 5.95 Å². The van der Waals surface area contributed by atoms with Crippen LogP contribution in [0.25, 0.3) is 110 Å². The monoisotopic (exact) mass is 686 g/mol. The van der Waals surface area contributed by atoms with Gasteiger partial charge in [-0.25, -0.2) is 9.97 Å². The molecule has 12 aromatic rings. The quantitative estimate of drug-likeness (QED) is 0.173. The standard InChI is InChI=1S/C50H30N4/c1-2-15-32(16-3-1)48-40-23-10-12-24-43(40)51-50(52-48)54-47-30-46-41(29-42(47)39-27-26-31-14-4-7-19-35(31)49(39)54)38-22-11-13-25-44(38)53(46)45-28-33-17-5-6-18-34(33)36-20-8-9-21-37(36)45/h1-30H. The largest absolute Gasteiger partial charge is 0.309 e. The topological polar surface area (TPSA) is 35.6 Å². The zero-order chi connectivity index (χ0) is 35.3. The van der Waals surface area contributed by atoms with E-state index < -0.39 is 0 Å². The molecule has 0 unspecified atom stereocenters. The number of para-hydroxylation sites is 2. The van der Waals surface area contributed by atoms with Crippen molar-refractivity contribution in [2.45, 2.75) is 0 Å². The molecule has 0 amide bonds. The summed E-state index contributed by atoms with van der Waals surface area (Å²) in [5.41, 5.74) is 8.55. The van der Waals surface area contributed by atoms with Crippen molar-refractivity contribution in [2.75, 3.05) is 0 Å². The molecule has 9 aromatic carbocycles. The van der Waals surface area contributed by atoms with Gasteiger partial charge in [0.1, 0.15) is 0 Å². The highest BCUT2D eigenvalue weighted by molar-refractivity contribution is 6.24. The molecule has 3 aromatic heterocycles. The molecule has 4 heteroatoms. The molecule has 0 radical (unpaired) electrons. The van der Waals surface area contributed by atoms with Crippen molar-refractivity contribution in [3.05, 3.63) is 182 Å². The lowest BCUT2D eigenvalue weighted by Gasteiger charge is -2.15. The average molecular weight is 687 g/mol. The lowest BCUT2D eigenvalue weighted by Crippen LogP contribution is -2.04. The average Bonchev–Trinajstić information content (AvgIpc) is 3.74. The number of benzene rings is 9. The van der Waals surface area contributed by atoms with Gasteiger partial charge in [-0.1, -0.05) is 152 Å². The number of hydrogen-bond acceptors (Lipinski definition) is 2. The molecule has 0 bridgehead atoms. The molecule has 0 aliphatic heterocycles. The van der Waals surface area contributed by atoms with Crippen LogP contribution in [0.1, 0.15) is 0 Å². The second kappa shape index (κ2) is 11.1. The summed E-state index contributed by atoms with van der Waals surface area (Å²) in [5.74, 6) is 0.655. The van der Waals surface area contributed by atoms with E-state index in [-0.39, 0.29) is 0 Å². The van der Waals surface area contributed by atoms with Gasteiger partial charge in [-0.05, 0) is 51.9 Å². The first kappa shape index (κ1) is 29.3. The summed E-state index contributed by atoms with van der Waals surface area (Å²) in [6.45, 7) is 0. The SMILES string of the molecule is c1ccc(-c2nc(-n3c4cc5c(cc4c4ccc6ccccc6c43)c3ccccc3n5-c3cc4ccccc4c4ccccc34)nc3ccccc23)cc1.